The van der Waals surface area contributed by atoms with Crippen molar-refractivity contribution >= 4 is 39.2 Å². The molecule has 36 heavy (non-hydrogen) atoms. The van der Waals surface area contributed by atoms with Crippen LogP contribution in [0.3, 0.4) is 0 Å². The molecule has 218 valence electrons. The zero-order valence-corrected chi connectivity index (χ0v) is 29.4. The van der Waals surface area contributed by atoms with Crippen molar-refractivity contribution in [1.82, 2.24) is 0 Å². The summed E-state index contributed by atoms with van der Waals surface area (Å²) in [6, 6.07) is 5.91. The van der Waals surface area contributed by atoms with Crippen molar-refractivity contribution in [3.63, 3.8) is 0 Å². The van der Waals surface area contributed by atoms with E-state index in [1.807, 2.05) is 0 Å². The van der Waals surface area contributed by atoms with Gasteiger partial charge in [-0.1, -0.05) is 164 Å². The molecular formula is C30H66O2S2Si2. The Labute approximate surface area is 239 Å². The predicted molar refractivity (Wildman–Crippen MR) is 177 cm³/mol. The van der Waals surface area contributed by atoms with Crippen LogP contribution in [0, 0.1) is 0 Å². The zero-order chi connectivity index (χ0) is 26.7. The van der Waals surface area contributed by atoms with Crippen LogP contribution in [0.5, 0.6) is 0 Å². The van der Waals surface area contributed by atoms with Crippen molar-refractivity contribution in [3.8, 4) is 0 Å². The van der Waals surface area contributed by atoms with Crippen molar-refractivity contribution < 1.29 is 9.47 Å². The van der Waals surface area contributed by atoms with E-state index >= 15 is 0 Å². The molecule has 0 aromatic heterocycles. The van der Waals surface area contributed by atoms with Gasteiger partial charge in [-0.15, -0.1) is 0 Å². The van der Waals surface area contributed by atoms with Crippen molar-refractivity contribution in [1.29, 1.82) is 0 Å². The van der Waals surface area contributed by atoms with Crippen molar-refractivity contribution in [3.05, 3.63) is 0 Å². The lowest BCUT2D eigenvalue weighted by Gasteiger charge is -2.28. The van der Waals surface area contributed by atoms with E-state index < -0.39 is 17.6 Å². The summed E-state index contributed by atoms with van der Waals surface area (Å²) in [5, 5.41) is 0. The summed E-state index contributed by atoms with van der Waals surface area (Å²) in [6.45, 7) is 16.0. The monoisotopic (exact) mass is 578 g/mol. The van der Waals surface area contributed by atoms with E-state index in [4.69, 9.17) is 9.47 Å². The van der Waals surface area contributed by atoms with Crippen molar-refractivity contribution in [2.75, 3.05) is 24.7 Å². The van der Waals surface area contributed by atoms with E-state index in [1.54, 1.807) is 0 Å². The Bertz CT molecular complexity index is 378. The van der Waals surface area contributed by atoms with Gasteiger partial charge in [0.1, 0.15) is 0 Å². The molecule has 0 bridgehead atoms. The Kier molecular flexibility index (Phi) is 29.9. The topological polar surface area (TPSA) is 18.5 Å². The summed E-state index contributed by atoms with van der Waals surface area (Å²) in [5.74, 6) is 2.42. The molecule has 2 unspecified atom stereocenters. The Morgan fingerprint density at radius 3 is 1.03 bits per heavy atom. The molecule has 0 fully saturated rings. The van der Waals surface area contributed by atoms with Crippen LogP contribution in [0.1, 0.15) is 131 Å². The Balaban J connectivity index is 5.03. The van der Waals surface area contributed by atoms with Gasteiger partial charge >= 0.3 is 0 Å². The SMILES string of the molecule is CCCCCOC(CSSCC(OCCCCC)[SiH](CCCC)CCCC)[SiH](CCCC)CCCC. The minimum Gasteiger partial charge on any atom is -0.381 e. The Morgan fingerprint density at radius 1 is 0.444 bits per heavy atom. The third kappa shape index (κ3) is 20.9. The normalized spacial score (nSPS) is 13.7. The van der Waals surface area contributed by atoms with Gasteiger partial charge in [0.05, 0.1) is 29.0 Å². The average Bonchev–Trinajstić information content (AvgIpc) is 2.89. The summed E-state index contributed by atoms with van der Waals surface area (Å²) >= 11 is 0. The first-order chi connectivity index (χ1) is 17.7. The Hall–Kier alpha value is 1.05. The number of hydrogen-bond acceptors (Lipinski definition) is 4. The molecule has 0 aromatic carbocycles. The van der Waals surface area contributed by atoms with Gasteiger partial charge in [-0.25, -0.2) is 0 Å². The highest BCUT2D eigenvalue weighted by Gasteiger charge is 2.26. The summed E-state index contributed by atoms with van der Waals surface area (Å²) in [4.78, 5) is 0. The molecule has 0 aliphatic carbocycles. The van der Waals surface area contributed by atoms with Crippen LogP contribution in [-0.2, 0) is 9.47 Å². The van der Waals surface area contributed by atoms with Crippen LogP contribution in [-0.4, -0.2) is 53.8 Å². The van der Waals surface area contributed by atoms with Crippen molar-refractivity contribution in [2.24, 2.45) is 0 Å². The van der Waals surface area contributed by atoms with E-state index in [0.29, 0.717) is 11.5 Å². The van der Waals surface area contributed by atoms with Crippen LogP contribution in [0.25, 0.3) is 0 Å². The van der Waals surface area contributed by atoms with Crippen LogP contribution in [0.4, 0.5) is 0 Å². The molecule has 0 rings (SSSR count). The fourth-order valence-electron chi connectivity index (χ4n) is 4.94. The molecule has 6 heteroatoms. The number of hydrogen-bond donors (Lipinski definition) is 0. The third-order valence-electron chi connectivity index (χ3n) is 7.47. The lowest BCUT2D eigenvalue weighted by Crippen LogP contribution is -2.37. The first-order valence-electron chi connectivity index (χ1n) is 16.2. The molecule has 0 saturated carbocycles. The number of rotatable bonds is 29. The second-order valence-electron chi connectivity index (χ2n) is 10.9. The second-order valence-corrected chi connectivity index (χ2v) is 20.3. The van der Waals surface area contributed by atoms with Crippen molar-refractivity contribution in [2.45, 2.75) is 167 Å². The van der Waals surface area contributed by atoms with E-state index in [0.717, 1.165) is 13.2 Å². The zero-order valence-electron chi connectivity index (χ0n) is 25.5. The van der Waals surface area contributed by atoms with Gasteiger partial charge in [0.15, 0.2) is 0 Å². The molecule has 0 N–H and O–H groups in total. The van der Waals surface area contributed by atoms with E-state index in [9.17, 15) is 0 Å². The molecule has 0 aromatic rings. The van der Waals surface area contributed by atoms with E-state index in [1.165, 1.54) is 126 Å². The fraction of sp³-hybridized carbons (Fsp3) is 1.00. The first kappa shape index (κ1) is 37.1. The molecule has 0 radical (unpaired) electrons. The molecule has 0 spiro atoms. The highest BCUT2D eigenvalue weighted by atomic mass is 33.1. The standard InChI is InChI=1S/C30H66O2S2Si2/c1-7-13-19-21-31-29(35(23-15-9-3)24-16-10-4)27-33-34-28-30(32-22-20-14-8-2)36(25-17-11-5)26-18-12-6/h29-30,35-36H,7-28H2,1-6H3. The van der Waals surface area contributed by atoms with Crippen LogP contribution in [0.15, 0.2) is 0 Å². The van der Waals surface area contributed by atoms with Gasteiger partial charge in [-0.3, -0.25) is 0 Å². The van der Waals surface area contributed by atoms with Gasteiger partial charge in [-0.2, -0.15) is 0 Å². The summed E-state index contributed by atoms with van der Waals surface area (Å²) < 4.78 is 13.3. The molecule has 0 amide bonds. The maximum absolute atomic E-state index is 6.66. The fourth-order valence-corrected chi connectivity index (χ4v) is 17.2. The molecule has 2 nitrogen and oxygen atoms in total. The summed E-state index contributed by atoms with van der Waals surface area (Å²) in [7, 11) is 2.53. The highest BCUT2D eigenvalue weighted by Crippen LogP contribution is 2.30. The number of ether oxygens (including phenoxy) is 2. The predicted octanol–water partition coefficient (Wildman–Crippen LogP) is 10.3. The second kappa shape index (κ2) is 29.0. The van der Waals surface area contributed by atoms with Gasteiger partial charge in [-0.05, 0) is 12.8 Å². The smallest absolute Gasteiger partial charge is 0.0728 e. The molecule has 0 heterocycles. The third-order valence-corrected chi connectivity index (χ3v) is 18.1. The van der Waals surface area contributed by atoms with Crippen LogP contribution in [0.2, 0.25) is 24.2 Å². The summed E-state index contributed by atoms with van der Waals surface area (Å²) in [6.07, 6.45) is 18.6. The highest BCUT2D eigenvalue weighted by molar-refractivity contribution is 8.76. The average molecular weight is 579 g/mol. The van der Waals surface area contributed by atoms with Crippen LogP contribution >= 0.6 is 21.6 Å². The van der Waals surface area contributed by atoms with Gasteiger partial charge in [0.25, 0.3) is 0 Å². The van der Waals surface area contributed by atoms with Gasteiger partial charge < -0.3 is 9.47 Å². The number of unbranched alkanes of at least 4 members (excludes halogenated alkanes) is 8. The van der Waals surface area contributed by atoms with Crippen LogP contribution < -0.4 is 0 Å². The molecule has 2 atom stereocenters. The molecule has 0 aliphatic heterocycles. The minimum atomic E-state index is -0.859. The lowest BCUT2D eigenvalue weighted by molar-refractivity contribution is 0.112. The Morgan fingerprint density at radius 2 is 0.750 bits per heavy atom. The van der Waals surface area contributed by atoms with Gasteiger partial charge in [0.2, 0.25) is 0 Å². The molecule has 0 aliphatic rings. The maximum Gasteiger partial charge on any atom is 0.0728 e. The van der Waals surface area contributed by atoms with E-state index in [2.05, 4.69) is 63.1 Å². The van der Waals surface area contributed by atoms with Gasteiger partial charge in [0, 0.05) is 24.7 Å². The maximum atomic E-state index is 6.66. The lowest BCUT2D eigenvalue weighted by atomic mass is 10.3. The summed E-state index contributed by atoms with van der Waals surface area (Å²) in [5.41, 5.74) is 1.13. The molecular weight excluding hydrogens is 513 g/mol. The molecule has 0 saturated heterocycles. The largest absolute Gasteiger partial charge is 0.381 e. The minimum absolute atomic E-state index is 0.564. The first-order valence-corrected chi connectivity index (χ1v) is 23.2. The van der Waals surface area contributed by atoms with E-state index in [-0.39, 0.29) is 0 Å². The quantitative estimate of drug-likeness (QED) is 0.0499.